The van der Waals surface area contributed by atoms with Crippen LogP contribution in [-0.4, -0.2) is 11.0 Å². The lowest BCUT2D eigenvalue weighted by Gasteiger charge is -2.14. The molecule has 0 unspecified atom stereocenters. The molecule has 2 nitrogen and oxygen atoms in total. The lowest BCUT2D eigenvalue weighted by molar-refractivity contribution is 0.585. The minimum Gasteiger partial charge on any atom is -0.310 e. The van der Waals surface area contributed by atoms with E-state index in [4.69, 9.17) is 23.2 Å². The van der Waals surface area contributed by atoms with Crippen molar-refractivity contribution in [3.05, 3.63) is 52.1 Å². The summed E-state index contributed by atoms with van der Waals surface area (Å²) in [7, 11) is 0. The number of halogens is 2. The molecular weight excluding hydrogens is 311 g/mol. The summed E-state index contributed by atoms with van der Waals surface area (Å²) in [5.74, 6) is 0. The molecule has 0 saturated carbocycles. The molecule has 0 aliphatic carbocycles. The van der Waals surface area contributed by atoms with E-state index < -0.39 is 0 Å². The van der Waals surface area contributed by atoms with E-state index >= 15 is 0 Å². The molecule has 1 aromatic heterocycles. The first kappa shape index (κ1) is 15.6. The highest BCUT2D eigenvalue weighted by Gasteiger charge is 2.11. The fourth-order valence-electron chi connectivity index (χ4n) is 1.66. The quantitative estimate of drug-likeness (QED) is 0.833. The van der Waals surface area contributed by atoms with Crippen molar-refractivity contribution in [1.82, 2.24) is 10.3 Å². The fourth-order valence-corrected chi connectivity index (χ4v) is 3.14. The number of benzene rings is 1. The second-order valence-corrected chi connectivity index (χ2v) is 6.49. The van der Waals surface area contributed by atoms with Gasteiger partial charge < -0.3 is 5.32 Å². The summed E-state index contributed by atoms with van der Waals surface area (Å²) >= 11 is 14.0. The van der Waals surface area contributed by atoms with Gasteiger partial charge in [0.05, 0.1) is 5.02 Å². The Kier molecular flexibility index (Phi) is 5.73. The van der Waals surface area contributed by atoms with Crippen LogP contribution < -0.4 is 5.32 Å². The summed E-state index contributed by atoms with van der Waals surface area (Å²) in [6.07, 6.45) is 1.74. The van der Waals surface area contributed by atoms with Crippen LogP contribution in [0.3, 0.4) is 0 Å². The highest BCUT2D eigenvalue weighted by atomic mass is 35.5. The van der Waals surface area contributed by atoms with Gasteiger partial charge in [-0.25, -0.2) is 4.98 Å². The third-order valence-electron chi connectivity index (χ3n) is 2.69. The third-order valence-corrected chi connectivity index (χ3v) is 4.59. The zero-order valence-electron chi connectivity index (χ0n) is 11.4. The minimum absolute atomic E-state index is 0.405. The third kappa shape index (κ3) is 4.13. The number of nitrogens with one attached hydrogen (secondary N) is 1. The van der Waals surface area contributed by atoms with E-state index in [1.165, 1.54) is 11.8 Å². The van der Waals surface area contributed by atoms with Crippen LogP contribution in [0.25, 0.3) is 0 Å². The van der Waals surface area contributed by atoms with Gasteiger partial charge in [0.25, 0.3) is 0 Å². The van der Waals surface area contributed by atoms with E-state index in [0.29, 0.717) is 11.1 Å². The van der Waals surface area contributed by atoms with Gasteiger partial charge in [-0.2, -0.15) is 0 Å². The average molecular weight is 327 g/mol. The Morgan fingerprint density at radius 3 is 2.60 bits per heavy atom. The van der Waals surface area contributed by atoms with Crippen LogP contribution in [0.1, 0.15) is 19.4 Å². The first-order chi connectivity index (χ1) is 9.58. The molecule has 1 heterocycles. The van der Waals surface area contributed by atoms with E-state index in [2.05, 4.69) is 24.1 Å². The van der Waals surface area contributed by atoms with E-state index in [9.17, 15) is 0 Å². The molecule has 0 spiro atoms. The molecule has 0 aliphatic rings. The molecule has 0 fully saturated rings. The number of rotatable bonds is 5. The Morgan fingerprint density at radius 2 is 1.90 bits per heavy atom. The van der Waals surface area contributed by atoms with Crippen LogP contribution >= 0.6 is 35.0 Å². The predicted octanol–water partition coefficient (Wildman–Crippen LogP) is 5.04. The molecule has 2 rings (SSSR count). The molecule has 2 aromatic rings. The van der Waals surface area contributed by atoms with Crippen LogP contribution in [0.15, 0.2) is 46.5 Å². The molecule has 0 radical (unpaired) electrons. The molecule has 0 saturated heterocycles. The van der Waals surface area contributed by atoms with Gasteiger partial charge in [0, 0.05) is 28.7 Å². The summed E-state index contributed by atoms with van der Waals surface area (Å²) < 4.78 is 0. The van der Waals surface area contributed by atoms with Gasteiger partial charge in [-0.1, -0.05) is 54.9 Å². The maximum Gasteiger partial charge on any atom is 0.119 e. The summed E-state index contributed by atoms with van der Waals surface area (Å²) in [4.78, 5) is 5.38. The SMILES string of the molecule is CC(C)NCc1c(Cl)cccc1Sc1ncccc1Cl. The fraction of sp³-hybridized carbons (Fsp3) is 0.267. The maximum absolute atomic E-state index is 6.31. The minimum atomic E-state index is 0.405. The van der Waals surface area contributed by atoms with Gasteiger partial charge >= 0.3 is 0 Å². The van der Waals surface area contributed by atoms with Gasteiger partial charge in [0.1, 0.15) is 5.03 Å². The first-order valence-corrected chi connectivity index (χ1v) is 7.94. The second-order valence-electron chi connectivity index (χ2n) is 4.64. The number of hydrogen-bond donors (Lipinski definition) is 1. The summed E-state index contributed by atoms with van der Waals surface area (Å²) in [6, 6.07) is 9.96. The molecule has 0 bridgehead atoms. The first-order valence-electron chi connectivity index (χ1n) is 6.37. The molecular formula is C15H16Cl2N2S. The Morgan fingerprint density at radius 1 is 1.15 bits per heavy atom. The van der Waals surface area contributed by atoms with Crippen LogP contribution in [-0.2, 0) is 6.54 Å². The molecule has 5 heteroatoms. The van der Waals surface area contributed by atoms with Crippen molar-refractivity contribution in [2.45, 2.75) is 36.4 Å². The Labute approximate surface area is 133 Å². The van der Waals surface area contributed by atoms with Gasteiger partial charge in [-0.05, 0) is 29.8 Å². The molecule has 20 heavy (non-hydrogen) atoms. The Balaban J connectivity index is 2.27. The van der Waals surface area contributed by atoms with Gasteiger partial charge in [-0.15, -0.1) is 0 Å². The highest BCUT2D eigenvalue weighted by Crippen LogP contribution is 2.35. The van der Waals surface area contributed by atoms with Crippen molar-refractivity contribution in [2.75, 3.05) is 0 Å². The van der Waals surface area contributed by atoms with Gasteiger partial charge in [-0.3, -0.25) is 0 Å². The summed E-state index contributed by atoms with van der Waals surface area (Å²) in [5.41, 5.74) is 1.08. The molecule has 0 amide bonds. The second kappa shape index (κ2) is 7.32. The van der Waals surface area contributed by atoms with E-state index in [0.717, 1.165) is 27.1 Å². The monoisotopic (exact) mass is 326 g/mol. The lowest BCUT2D eigenvalue weighted by atomic mass is 10.2. The Hall–Kier alpha value is -0.740. The largest absolute Gasteiger partial charge is 0.310 e. The van der Waals surface area contributed by atoms with Gasteiger partial charge in [0.15, 0.2) is 0 Å². The average Bonchev–Trinajstić information content (AvgIpc) is 2.40. The van der Waals surface area contributed by atoms with E-state index in [-0.39, 0.29) is 0 Å². The smallest absolute Gasteiger partial charge is 0.119 e. The zero-order valence-corrected chi connectivity index (χ0v) is 13.7. The molecule has 0 atom stereocenters. The predicted molar refractivity (Wildman–Crippen MR) is 86.8 cm³/mol. The maximum atomic E-state index is 6.31. The van der Waals surface area contributed by atoms with Crippen molar-refractivity contribution in [3.8, 4) is 0 Å². The molecule has 1 aromatic carbocycles. The van der Waals surface area contributed by atoms with E-state index in [1.807, 2.05) is 30.3 Å². The number of aromatic nitrogens is 1. The van der Waals surface area contributed by atoms with Crippen LogP contribution in [0.2, 0.25) is 10.0 Å². The van der Waals surface area contributed by atoms with Crippen molar-refractivity contribution in [3.63, 3.8) is 0 Å². The zero-order chi connectivity index (χ0) is 14.5. The summed E-state index contributed by atoms with van der Waals surface area (Å²) in [5, 5.41) is 5.60. The normalized spacial score (nSPS) is 11.1. The van der Waals surface area contributed by atoms with Crippen LogP contribution in [0.4, 0.5) is 0 Å². The summed E-state index contributed by atoms with van der Waals surface area (Å²) in [6.45, 7) is 4.95. The molecule has 106 valence electrons. The van der Waals surface area contributed by atoms with Gasteiger partial charge in [0.2, 0.25) is 0 Å². The number of hydrogen-bond acceptors (Lipinski definition) is 3. The Bertz CT molecular complexity index is 588. The number of nitrogens with zero attached hydrogens (tertiary/aromatic N) is 1. The molecule has 1 N–H and O–H groups in total. The highest BCUT2D eigenvalue weighted by molar-refractivity contribution is 7.99. The van der Waals surface area contributed by atoms with Crippen molar-refractivity contribution >= 4 is 35.0 Å². The van der Waals surface area contributed by atoms with Crippen LogP contribution in [0, 0.1) is 0 Å². The number of pyridine rings is 1. The topological polar surface area (TPSA) is 24.9 Å². The van der Waals surface area contributed by atoms with Crippen molar-refractivity contribution in [2.24, 2.45) is 0 Å². The van der Waals surface area contributed by atoms with Crippen molar-refractivity contribution in [1.29, 1.82) is 0 Å². The standard InChI is InChI=1S/C15H16Cl2N2S/c1-10(2)19-9-11-12(16)5-3-7-14(11)20-15-13(17)6-4-8-18-15/h3-8,10,19H,9H2,1-2H3. The van der Waals surface area contributed by atoms with Crippen molar-refractivity contribution < 1.29 is 0 Å². The molecule has 0 aliphatic heterocycles. The van der Waals surface area contributed by atoms with E-state index in [1.54, 1.807) is 6.20 Å². The van der Waals surface area contributed by atoms with Crippen LogP contribution in [0.5, 0.6) is 0 Å². The lowest BCUT2D eigenvalue weighted by Crippen LogP contribution is -2.22.